The molecule has 0 fully saturated rings. The van der Waals surface area contributed by atoms with Crippen molar-refractivity contribution >= 4 is 0 Å². The highest BCUT2D eigenvalue weighted by Gasteiger charge is 2.18. The molecule has 4 heteroatoms. The smallest absolute Gasteiger partial charge is 0.158 e. The molecule has 0 aliphatic heterocycles. The molecule has 1 aromatic heterocycles. The Bertz CT molecular complexity index is 465. The van der Waals surface area contributed by atoms with Gasteiger partial charge in [-0.05, 0) is 5.56 Å². The fourth-order valence-corrected chi connectivity index (χ4v) is 1.70. The minimum absolute atomic E-state index is 0.184. The summed E-state index contributed by atoms with van der Waals surface area (Å²) < 4.78 is 5.48. The second kappa shape index (κ2) is 5.10. The van der Waals surface area contributed by atoms with E-state index in [0.29, 0.717) is 5.92 Å². The minimum Gasteiger partial charge on any atom is -0.369 e. The quantitative estimate of drug-likeness (QED) is 0.880. The molecule has 0 bridgehead atoms. The van der Waals surface area contributed by atoms with Crippen molar-refractivity contribution in [1.82, 2.24) is 15.2 Å². The molecule has 0 amide bonds. The summed E-state index contributed by atoms with van der Waals surface area (Å²) in [5, 5.41) is 7.14. The molecule has 0 radical (unpaired) electrons. The molecular weight excluding hydrogens is 214 g/mol. The predicted octanol–water partition coefficient (Wildman–Crippen LogP) is 2.66. The molecule has 0 spiro atoms. The number of ether oxygens (including phenoxy) is 1. The van der Waals surface area contributed by atoms with Gasteiger partial charge in [-0.15, -0.1) is 0 Å². The summed E-state index contributed by atoms with van der Waals surface area (Å²) in [5.74, 6) is 1.88. The third-order valence-electron chi connectivity index (χ3n) is 2.62. The molecular formula is C13H17N3O. The van der Waals surface area contributed by atoms with Gasteiger partial charge in [0.15, 0.2) is 11.6 Å². The Kier molecular flexibility index (Phi) is 3.54. The van der Waals surface area contributed by atoms with E-state index in [1.807, 2.05) is 30.3 Å². The Morgan fingerprint density at radius 3 is 2.41 bits per heavy atom. The van der Waals surface area contributed by atoms with Crippen LogP contribution in [-0.4, -0.2) is 22.3 Å². The van der Waals surface area contributed by atoms with Gasteiger partial charge in [0.25, 0.3) is 0 Å². The van der Waals surface area contributed by atoms with Crippen molar-refractivity contribution < 1.29 is 4.74 Å². The van der Waals surface area contributed by atoms with E-state index < -0.39 is 0 Å². The molecule has 0 saturated heterocycles. The lowest BCUT2D eigenvalue weighted by atomic mass is 10.1. The number of benzene rings is 1. The number of nitrogens with zero attached hydrogens (tertiary/aromatic N) is 2. The van der Waals surface area contributed by atoms with Gasteiger partial charge in [-0.25, -0.2) is 4.98 Å². The number of rotatable bonds is 4. The van der Waals surface area contributed by atoms with Crippen molar-refractivity contribution in [3.05, 3.63) is 47.5 Å². The number of hydrogen-bond acceptors (Lipinski definition) is 3. The molecule has 1 aromatic carbocycles. The largest absolute Gasteiger partial charge is 0.369 e. The standard InChI is InChI=1S/C13H17N3O/c1-9(2)12-14-13(16-15-12)11(17-3)10-7-5-4-6-8-10/h4-9,11H,1-3H3,(H,14,15,16). The zero-order valence-electron chi connectivity index (χ0n) is 10.3. The maximum Gasteiger partial charge on any atom is 0.158 e. The first-order chi connectivity index (χ1) is 8.22. The van der Waals surface area contributed by atoms with Crippen LogP contribution in [0.4, 0.5) is 0 Å². The zero-order chi connectivity index (χ0) is 12.3. The van der Waals surface area contributed by atoms with Crippen LogP contribution in [0.2, 0.25) is 0 Å². The first-order valence-corrected chi connectivity index (χ1v) is 5.72. The van der Waals surface area contributed by atoms with Crippen LogP contribution in [-0.2, 0) is 4.74 Å². The van der Waals surface area contributed by atoms with E-state index in [0.717, 1.165) is 17.2 Å². The minimum atomic E-state index is -0.184. The lowest BCUT2D eigenvalue weighted by Gasteiger charge is -2.12. The van der Waals surface area contributed by atoms with E-state index in [1.54, 1.807) is 7.11 Å². The van der Waals surface area contributed by atoms with Gasteiger partial charge >= 0.3 is 0 Å². The first-order valence-electron chi connectivity index (χ1n) is 5.72. The molecule has 2 rings (SSSR count). The van der Waals surface area contributed by atoms with Gasteiger partial charge in [0.1, 0.15) is 6.10 Å². The monoisotopic (exact) mass is 231 g/mol. The molecule has 90 valence electrons. The van der Waals surface area contributed by atoms with E-state index >= 15 is 0 Å². The van der Waals surface area contributed by atoms with Gasteiger partial charge in [-0.1, -0.05) is 44.2 Å². The van der Waals surface area contributed by atoms with Crippen LogP contribution < -0.4 is 0 Å². The normalized spacial score (nSPS) is 12.9. The molecule has 1 unspecified atom stereocenters. The lowest BCUT2D eigenvalue weighted by Crippen LogP contribution is -2.05. The third kappa shape index (κ3) is 2.53. The van der Waals surface area contributed by atoms with Crippen LogP contribution in [0.15, 0.2) is 30.3 Å². The van der Waals surface area contributed by atoms with Gasteiger partial charge in [0.05, 0.1) is 0 Å². The Morgan fingerprint density at radius 2 is 1.88 bits per heavy atom. The Morgan fingerprint density at radius 1 is 1.18 bits per heavy atom. The summed E-state index contributed by atoms with van der Waals surface area (Å²) in [6.07, 6.45) is -0.184. The van der Waals surface area contributed by atoms with Crippen molar-refractivity contribution in [1.29, 1.82) is 0 Å². The summed E-state index contributed by atoms with van der Waals surface area (Å²) in [7, 11) is 1.68. The second-order valence-electron chi connectivity index (χ2n) is 4.26. The summed E-state index contributed by atoms with van der Waals surface area (Å²) in [6.45, 7) is 4.13. The molecule has 0 aliphatic carbocycles. The summed E-state index contributed by atoms with van der Waals surface area (Å²) in [5.41, 5.74) is 1.07. The van der Waals surface area contributed by atoms with E-state index in [4.69, 9.17) is 4.74 Å². The van der Waals surface area contributed by atoms with Crippen LogP contribution in [0.3, 0.4) is 0 Å². The van der Waals surface area contributed by atoms with Gasteiger partial charge in [-0.2, -0.15) is 5.10 Å². The third-order valence-corrected chi connectivity index (χ3v) is 2.62. The van der Waals surface area contributed by atoms with E-state index in [2.05, 4.69) is 29.0 Å². The maximum absolute atomic E-state index is 5.48. The highest BCUT2D eigenvalue weighted by Crippen LogP contribution is 2.23. The predicted molar refractivity (Wildman–Crippen MR) is 65.8 cm³/mol. The van der Waals surface area contributed by atoms with Crippen LogP contribution in [0.1, 0.15) is 43.1 Å². The van der Waals surface area contributed by atoms with Crippen LogP contribution in [0.25, 0.3) is 0 Å². The Hall–Kier alpha value is -1.68. The number of aromatic nitrogens is 3. The van der Waals surface area contributed by atoms with Gasteiger partial charge < -0.3 is 4.74 Å². The molecule has 0 aliphatic rings. The molecule has 0 saturated carbocycles. The number of aromatic amines is 1. The van der Waals surface area contributed by atoms with Crippen molar-refractivity contribution in [2.45, 2.75) is 25.9 Å². The number of nitrogens with one attached hydrogen (secondary N) is 1. The number of methoxy groups -OCH3 is 1. The molecule has 1 N–H and O–H groups in total. The summed E-state index contributed by atoms with van der Waals surface area (Å²) >= 11 is 0. The van der Waals surface area contributed by atoms with Crippen molar-refractivity contribution in [2.75, 3.05) is 7.11 Å². The van der Waals surface area contributed by atoms with E-state index in [-0.39, 0.29) is 6.10 Å². The fraction of sp³-hybridized carbons (Fsp3) is 0.385. The lowest BCUT2D eigenvalue weighted by molar-refractivity contribution is 0.129. The highest BCUT2D eigenvalue weighted by atomic mass is 16.5. The van der Waals surface area contributed by atoms with E-state index in [1.165, 1.54) is 0 Å². The van der Waals surface area contributed by atoms with E-state index in [9.17, 15) is 0 Å². The summed E-state index contributed by atoms with van der Waals surface area (Å²) in [4.78, 5) is 4.47. The number of hydrogen-bond donors (Lipinski definition) is 1. The van der Waals surface area contributed by atoms with Gasteiger partial charge in [0.2, 0.25) is 0 Å². The Balaban J connectivity index is 2.29. The maximum atomic E-state index is 5.48. The topological polar surface area (TPSA) is 50.8 Å². The van der Waals surface area contributed by atoms with Crippen LogP contribution in [0, 0.1) is 0 Å². The first kappa shape index (κ1) is 11.8. The van der Waals surface area contributed by atoms with Crippen molar-refractivity contribution in [3.8, 4) is 0 Å². The second-order valence-corrected chi connectivity index (χ2v) is 4.26. The van der Waals surface area contributed by atoms with Gasteiger partial charge in [0, 0.05) is 13.0 Å². The zero-order valence-corrected chi connectivity index (χ0v) is 10.3. The van der Waals surface area contributed by atoms with Crippen molar-refractivity contribution in [3.63, 3.8) is 0 Å². The number of H-pyrrole nitrogens is 1. The molecule has 2 aromatic rings. The average molecular weight is 231 g/mol. The van der Waals surface area contributed by atoms with Crippen molar-refractivity contribution in [2.24, 2.45) is 0 Å². The summed E-state index contributed by atoms with van der Waals surface area (Å²) in [6, 6.07) is 10.00. The molecule has 17 heavy (non-hydrogen) atoms. The van der Waals surface area contributed by atoms with Crippen LogP contribution >= 0.6 is 0 Å². The van der Waals surface area contributed by atoms with Gasteiger partial charge in [-0.3, -0.25) is 5.10 Å². The SMILES string of the molecule is COC(c1ccccc1)c1nc(C(C)C)n[nH]1. The highest BCUT2D eigenvalue weighted by molar-refractivity contribution is 5.22. The molecule has 1 heterocycles. The van der Waals surface area contributed by atoms with Crippen LogP contribution in [0.5, 0.6) is 0 Å². The molecule has 1 atom stereocenters. The Labute approximate surface area is 101 Å². The fourth-order valence-electron chi connectivity index (χ4n) is 1.70. The molecule has 4 nitrogen and oxygen atoms in total. The average Bonchev–Trinajstić information content (AvgIpc) is 2.81.